The van der Waals surface area contributed by atoms with E-state index in [-0.39, 0.29) is 11.8 Å². The van der Waals surface area contributed by atoms with Crippen LogP contribution in [0.5, 0.6) is 11.5 Å². The highest BCUT2D eigenvalue weighted by atomic mass is 32.1. The van der Waals surface area contributed by atoms with Gasteiger partial charge in [0.05, 0.1) is 16.9 Å². The van der Waals surface area contributed by atoms with Gasteiger partial charge in [0, 0.05) is 12.2 Å². The molecule has 2 heterocycles. The van der Waals surface area contributed by atoms with Gasteiger partial charge in [-0.15, -0.1) is 5.10 Å². The summed E-state index contributed by atoms with van der Waals surface area (Å²) < 4.78 is 9.89. The van der Waals surface area contributed by atoms with E-state index in [0.29, 0.717) is 46.3 Å². The molecule has 1 aliphatic heterocycles. The predicted molar refractivity (Wildman–Crippen MR) is 112 cm³/mol. The minimum atomic E-state index is -0.277. The van der Waals surface area contributed by atoms with Gasteiger partial charge in [-0.05, 0) is 55.2 Å². The summed E-state index contributed by atoms with van der Waals surface area (Å²) in [5.74, 6) is 0.636. The number of amides is 2. The Hall–Kier alpha value is -3.26. The van der Waals surface area contributed by atoms with Crippen molar-refractivity contribution in [3.8, 4) is 11.5 Å². The van der Waals surface area contributed by atoms with E-state index in [1.165, 1.54) is 0 Å². The van der Waals surface area contributed by atoms with E-state index in [9.17, 15) is 9.59 Å². The first-order valence-corrected chi connectivity index (χ1v) is 10.2. The van der Waals surface area contributed by atoms with Gasteiger partial charge < -0.3 is 15.0 Å². The molecular formula is C21H20N4O3S. The number of aromatic nitrogens is 2. The lowest BCUT2D eigenvalue weighted by Crippen LogP contribution is -2.29. The standard InChI is InChI=1S/C21H20N4O3S/c1-3-7-15-19(29-24-23-15)20(26)22-13-10-11-17-14(12-13)21(27)25(4-2)16-8-5-6-9-18(16)28-17/h5-6,8-12H,3-4,7H2,1-2H3,(H,22,26). The van der Waals surface area contributed by atoms with E-state index in [1.807, 2.05) is 38.1 Å². The number of nitrogens with zero attached hydrogens (tertiary/aromatic N) is 3. The monoisotopic (exact) mass is 408 g/mol. The minimum Gasteiger partial charge on any atom is -0.454 e. The van der Waals surface area contributed by atoms with Gasteiger partial charge in [0.1, 0.15) is 10.6 Å². The van der Waals surface area contributed by atoms with Gasteiger partial charge in [-0.25, -0.2) is 0 Å². The lowest BCUT2D eigenvalue weighted by atomic mass is 10.1. The first-order chi connectivity index (χ1) is 14.1. The van der Waals surface area contributed by atoms with E-state index in [1.54, 1.807) is 23.1 Å². The molecule has 4 rings (SSSR count). The fourth-order valence-corrected chi connectivity index (χ4v) is 3.89. The van der Waals surface area contributed by atoms with Crippen molar-refractivity contribution in [2.24, 2.45) is 0 Å². The van der Waals surface area contributed by atoms with E-state index >= 15 is 0 Å². The minimum absolute atomic E-state index is 0.172. The molecule has 1 aromatic heterocycles. The van der Waals surface area contributed by atoms with Crippen LogP contribution in [-0.2, 0) is 6.42 Å². The van der Waals surface area contributed by atoms with Crippen molar-refractivity contribution in [3.05, 3.63) is 58.6 Å². The van der Waals surface area contributed by atoms with Crippen LogP contribution in [-0.4, -0.2) is 27.9 Å². The first kappa shape index (κ1) is 19.1. The summed E-state index contributed by atoms with van der Waals surface area (Å²) in [6.45, 7) is 4.44. The van der Waals surface area contributed by atoms with Gasteiger partial charge in [-0.1, -0.05) is 30.0 Å². The third-order valence-electron chi connectivity index (χ3n) is 4.65. The largest absolute Gasteiger partial charge is 0.454 e. The van der Waals surface area contributed by atoms with Crippen LogP contribution in [0.3, 0.4) is 0 Å². The highest BCUT2D eigenvalue weighted by molar-refractivity contribution is 7.08. The number of carbonyl (C=O) groups is 2. The molecule has 0 fully saturated rings. The molecule has 3 aromatic rings. The number of rotatable bonds is 5. The summed E-state index contributed by atoms with van der Waals surface area (Å²) in [6, 6.07) is 12.5. The van der Waals surface area contributed by atoms with Crippen LogP contribution < -0.4 is 15.0 Å². The maximum Gasteiger partial charge on any atom is 0.269 e. The van der Waals surface area contributed by atoms with Crippen LogP contribution in [0.4, 0.5) is 11.4 Å². The lowest BCUT2D eigenvalue weighted by Gasteiger charge is -2.19. The normalized spacial score (nSPS) is 12.6. The predicted octanol–water partition coefficient (Wildman–Crippen LogP) is 4.52. The highest BCUT2D eigenvalue weighted by Crippen LogP contribution is 2.39. The van der Waals surface area contributed by atoms with Crippen molar-refractivity contribution in [1.29, 1.82) is 0 Å². The smallest absolute Gasteiger partial charge is 0.269 e. The van der Waals surface area contributed by atoms with Crippen LogP contribution in [0.1, 0.15) is 46.0 Å². The molecule has 0 unspecified atom stereocenters. The van der Waals surface area contributed by atoms with Crippen LogP contribution >= 0.6 is 11.5 Å². The topological polar surface area (TPSA) is 84.4 Å². The Morgan fingerprint density at radius 3 is 2.79 bits per heavy atom. The van der Waals surface area contributed by atoms with Gasteiger partial charge in [0.15, 0.2) is 5.75 Å². The number of nitrogens with one attached hydrogen (secondary N) is 1. The van der Waals surface area contributed by atoms with Crippen molar-refractivity contribution < 1.29 is 14.3 Å². The Bertz CT molecular complexity index is 1080. The number of hydrogen-bond donors (Lipinski definition) is 1. The molecule has 2 aromatic carbocycles. The maximum atomic E-state index is 13.2. The number of fused-ring (bicyclic) bond motifs is 2. The van der Waals surface area contributed by atoms with Crippen LogP contribution in [0, 0.1) is 0 Å². The summed E-state index contributed by atoms with van der Waals surface area (Å²) in [7, 11) is 0. The summed E-state index contributed by atoms with van der Waals surface area (Å²) in [5, 5.41) is 6.89. The number of anilines is 2. The highest BCUT2D eigenvalue weighted by Gasteiger charge is 2.27. The van der Waals surface area contributed by atoms with Gasteiger partial charge in [-0.3, -0.25) is 9.59 Å². The SMILES string of the molecule is CCCc1nnsc1C(=O)Nc1ccc2c(c1)C(=O)N(CC)c1ccccc1O2. The number of ether oxygens (including phenoxy) is 1. The molecule has 0 bridgehead atoms. The van der Waals surface area contributed by atoms with E-state index in [2.05, 4.69) is 14.9 Å². The number of aryl methyl sites for hydroxylation is 1. The molecule has 0 radical (unpaired) electrons. The Balaban J connectivity index is 1.65. The fraction of sp³-hybridized carbons (Fsp3) is 0.238. The molecule has 0 atom stereocenters. The molecule has 7 nitrogen and oxygen atoms in total. The van der Waals surface area contributed by atoms with Crippen LogP contribution in [0.2, 0.25) is 0 Å². The molecule has 2 amide bonds. The third-order valence-corrected chi connectivity index (χ3v) is 5.42. The molecule has 0 spiro atoms. The number of para-hydroxylation sites is 2. The third kappa shape index (κ3) is 3.58. The summed E-state index contributed by atoms with van der Waals surface area (Å²) >= 11 is 1.07. The van der Waals surface area contributed by atoms with Crippen molar-refractivity contribution >= 4 is 34.7 Å². The zero-order valence-corrected chi connectivity index (χ0v) is 17.0. The second-order valence-corrected chi connectivity index (χ2v) is 7.34. The van der Waals surface area contributed by atoms with Crippen LogP contribution in [0.25, 0.3) is 0 Å². The van der Waals surface area contributed by atoms with Crippen LogP contribution in [0.15, 0.2) is 42.5 Å². The molecule has 1 aliphatic rings. The van der Waals surface area contributed by atoms with Crippen molar-refractivity contribution in [3.63, 3.8) is 0 Å². The second-order valence-electron chi connectivity index (χ2n) is 6.58. The van der Waals surface area contributed by atoms with Gasteiger partial charge >= 0.3 is 0 Å². The zero-order valence-electron chi connectivity index (χ0n) is 16.1. The second kappa shape index (κ2) is 8.00. The van der Waals surface area contributed by atoms with Crippen molar-refractivity contribution in [2.75, 3.05) is 16.8 Å². The fourth-order valence-electron chi connectivity index (χ4n) is 3.29. The molecule has 1 N–H and O–H groups in total. The molecule has 0 saturated carbocycles. The molecule has 0 saturated heterocycles. The average molecular weight is 408 g/mol. The molecule has 29 heavy (non-hydrogen) atoms. The van der Waals surface area contributed by atoms with E-state index < -0.39 is 0 Å². The maximum absolute atomic E-state index is 13.2. The van der Waals surface area contributed by atoms with Gasteiger partial charge in [0.25, 0.3) is 11.8 Å². The summed E-state index contributed by atoms with van der Waals surface area (Å²) in [4.78, 5) is 28.0. The molecular weight excluding hydrogens is 388 g/mol. The number of hydrogen-bond acceptors (Lipinski definition) is 6. The molecule has 8 heteroatoms. The molecule has 148 valence electrons. The zero-order chi connectivity index (χ0) is 20.4. The van der Waals surface area contributed by atoms with Gasteiger partial charge in [0.2, 0.25) is 0 Å². The van der Waals surface area contributed by atoms with Crippen molar-refractivity contribution in [2.45, 2.75) is 26.7 Å². The number of carbonyl (C=O) groups excluding carboxylic acids is 2. The van der Waals surface area contributed by atoms with Crippen molar-refractivity contribution in [1.82, 2.24) is 9.59 Å². The quantitative estimate of drug-likeness (QED) is 0.671. The Morgan fingerprint density at radius 2 is 2.00 bits per heavy atom. The Kier molecular flexibility index (Phi) is 5.26. The summed E-state index contributed by atoms with van der Waals surface area (Å²) in [6.07, 6.45) is 1.57. The molecule has 0 aliphatic carbocycles. The Morgan fingerprint density at radius 1 is 1.17 bits per heavy atom. The average Bonchev–Trinajstić information content (AvgIpc) is 3.15. The summed E-state index contributed by atoms with van der Waals surface area (Å²) in [5.41, 5.74) is 2.33. The van der Waals surface area contributed by atoms with E-state index in [0.717, 1.165) is 23.6 Å². The number of benzene rings is 2. The van der Waals surface area contributed by atoms with E-state index in [4.69, 9.17) is 4.74 Å². The van der Waals surface area contributed by atoms with Gasteiger partial charge in [-0.2, -0.15) is 0 Å². The first-order valence-electron chi connectivity index (χ1n) is 9.47. The Labute approximate surface area is 172 Å². The lowest BCUT2D eigenvalue weighted by molar-refractivity contribution is 0.0986.